The fourth-order valence-electron chi connectivity index (χ4n) is 2.56. The Labute approximate surface area is 144 Å². The second-order valence-corrected chi connectivity index (χ2v) is 8.41. The lowest BCUT2D eigenvalue weighted by atomic mass is 10.2. The molecule has 2 rings (SSSR count). The third kappa shape index (κ3) is 4.49. The van der Waals surface area contributed by atoms with E-state index < -0.39 is 27.7 Å². The van der Waals surface area contributed by atoms with E-state index in [4.69, 9.17) is 5.26 Å². The molecule has 128 valence electrons. The van der Waals surface area contributed by atoms with E-state index in [1.807, 2.05) is 5.40 Å². The quantitative estimate of drug-likeness (QED) is 0.487. The van der Waals surface area contributed by atoms with Crippen molar-refractivity contribution in [3.05, 3.63) is 24.3 Å². The van der Waals surface area contributed by atoms with Crippen LogP contribution in [-0.2, 0) is 19.4 Å². The number of nitriles is 1. The Morgan fingerprint density at radius 1 is 1.38 bits per heavy atom. The molecule has 1 aromatic carbocycles. The van der Waals surface area contributed by atoms with Gasteiger partial charge in [-0.25, -0.2) is 8.42 Å². The lowest BCUT2D eigenvalue weighted by Crippen LogP contribution is -2.46. The molecular formula is C15H17N3O4S2. The topological polar surface area (TPSA) is 107 Å². The van der Waals surface area contributed by atoms with Gasteiger partial charge in [-0.3, -0.25) is 9.59 Å². The third-order valence-electron chi connectivity index (χ3n) is 3.72. The smallest absolute Gasteiger partial charge is 0.313 e. The first-order valence-corrected chi connectivity index (χ1v) is 9.98. The summed E-state index contributed by atoms with van der Waals surface area (Å²) in [6, 6.07) is 6.07. The molecule has 0 aromatic heterocycles. The lowest BCUT2D eigenvalue weighted by Gasteiger charge is -2.26. The fourth-order valence-corrected chi connectivity index (χ4v) is 4.67. The first-order chi connectivity index (χ1) is 11.4. The van der Waals surface area contributed by atoms with Crippen LogP contribution in [0.2, 0.25) is 0 Å². The van der Waals surface area contributed by atoms with Crippen LogP contribution in [0.25, 0.3) is 0 Å². The summed E-state index contributed by atoms with van der Waals surface area (Å²) in [6.07, 6.45) is 0.356. The van der Waals surface area contributed by atoms with Crippen LogP contribution in [0.5, 0.6) is 0 Å². The maximum atomic E-state index is 12.3. The molecule has 0 saturated carbocycles. The van der Waals surface area contributed by atoms with E-state index in [2.05, 4.69) is 5.32 Å². The molecule has 0 aliphatic carbocycles. The largest absolute Gasteiger partial charge is 0.331 e. The fraction of sp³-hybridized carbons (Fsp3) is 0.400. The molecule has 0 bridgehead atoms. The maximum absolute atomic E-state index is 12.3. The molecular weight excluding hydrogens is 350 g/mol. The summed E-state index contributed by atoms with van der Waals surface area (Å²) in [6.45, 7) is 1.98. The summed E-state index contributed by atoms with van der Waals surface area (Å²) in [5, 5.41) is 13.0. The molecule has 1 heterocycles. The maximum Gasteiger partial charge on any atom is 0.313 e. The standard InChI is InChI=1S/C15H17N3O4S2/c1-2-18(12-7-8-24(21,22)9-12)15(20)14(19)17-11-3-5-13(6-4-11)23-10-16/h3-6,12H,2,7-9H2,1H3,(H,17,19). The van der Waals surface area contributed by atoms with Crippen molar-refractivity contribution >= 4 is 39.1 Å². The molecule has 1 aliphatic heterocycles. The Bertz CT molecular complexity index is 769. The van der Waals surface area contributed by atoms with Crippen LogP contribution in [0.15, 0.2) is 29.2 Å². The second kappa shape index (κ2) is 7.68. The minimum Gasteiger partial charge on any atom is -0.331 e. The van der Waals surface area contributed by atoms with E-state index in [1.54, 1.807) is 31.2 Å². The molecule has 1 aliphatic rings. The molecule has 1 aromatic rings. The number of carbonyl (C=O) groups is 2. The number of benzene rings is 1. The van der Waals surface area contributed by atoms with Gasteiger partial charge in [0.25, 0.3) is 0 Å². The summed E-state index contributed by atoms with van der Waals surface area (Å²) < 4.78 is 23.1. The normalized spacial score (nSPS) is 18.6. The Morgan fingerprint density at radius 2 is 2.04 bits per heavy atom. The number of sulfone groups is 1. The predicted octanol–water partition coefficient (Wildman–Crippen LogP) is 1.23. The highest BCUT2D eigenvalue weighted by Gasteiger charge is 2.35. The zero-order chi connectivity index (χ0) is 17.7. The number of likely N-dealkylation sites (N-methyl/N-ethyl adjacent to an activating group) is 1. The highest BCUT2D eigenvalue weighted by Crippen LogP contribution is 2.20. The molecule has 1 N–H and O–H groups in total. The summed E-state index contributed by atoms with van der Waals surface area (Å²) in [4.78, 5) is 26.5. The van der Waals surface area contributed by atoms with Crippen LogP contribution in [0.1, 0.15) is 13.3 Å². The zero-order valence-corrected chi connectivity index (χ0v) is 14.7. The number of carbonyl (C=O) groups excluding carboxylic acids is 2. The van der Waals surface area contributed by atoms with Crippen molar-refractivity contribution in [2.24, 2.45) is 0 Å². The van der Waals surface area contributed by atoms with Gasteiger partial charge in [0.2, 0.25) is 0 Å². The third-order valence-corrected chi connectivity index (χ3v) is 6.07. The number of rotatable bonds is 4. The van der Waals surface area contributed by atoms with Gasteiger partial charge in [-0.15, -0.1) is 0 Å². The van der Waals surface area contributed by atoms with Crippen molar-refractivity contribution in [3.8, 4) is 5.40 Å². The molecule has 7 nitrogen and oxygen atoms in total. The van der Waals surface area contributed by atoms with Crippen LogP contribution in [0.4, 0.5) is 5.69 Å². The molecule has 24 heavy (non-hydrogen) atoms. The summed E-state index contributed by atoms with van der Waals surface area (Å²) in [5.74, 6) is -1.60. The summed E-state index contributed by atoms with van der Waals surface area (Å²) in [7, 11) is -3.13. The van der Waals surface area contributed by atoms with E-state index in [0.717, 1.165) is 16.7 Å². The molecule has 9 heteroatoms. The van der Waals surface area contributed by atoms with Crippen LogP contribution in [0, 0.1) is 10.7 Å². The summed E-state index contributed by atoms with van der Waals surface area (Å²) in [5.41, 5.74) is 0.436. The van der Waals surface area contributed by atoms with E-state index in [9.17, 15) is 18.0 Å². The van der Waals surface area contributed by atoms with Crippen LogP contribution >= 0.6 is 11.8 Å². The van der Waals surface area contributed by atoms with Gasteiger partial charge in [-0.05, 0) is 49.4 Å². The monoisotopic (exact) mass is 367 g/mol. The van der Waals surface area contributed by atoms with Gasteiger partial charge in [-0.2, -0.15) is 5.26 Å². The van der Waals surface area contributed by atoms with Gasteiger partial charge in [-0.1, -0.05) is 0 Å². The van der Waals surface area contributed by atoms with Gasteiger partial charge < -0.3 is 10.2 Å². The molecule has 1 fully saturated rings. The Morgan fingerprint density at radius 3 is 2.54 bits per heavy atom. The van der Waals surface area contributed by atoms with Crippen molar-refractivity contribution in [1.29, 1.82) is 5.26 Å². The minimum absolute atomic E-state index is 0.0427. The summed E-state index contributed by atoms with van der Waals surface area (Å²) >= 11 is 0.995. The van der Waals surface area contributed by atoms with Gasteiger partial charge >= 0.3 is 11.8 Å². The molecule has 2 amide bonds. The number of anilines is 1. The number of amides is 2. The van der Waals surface area contributed by atoms with Gasteiger partial charge in [0, 0.05) is 23.2 Å². The zero-order valence-electron chi connectivity index (χ0n) is 13.1. The van der Waals surface area contributed by atoms with Crippen molar-refractivity contribution in [1.82, 2.24) is 4.90 Å². The highest BCUT2D eigenvalue weighted by atomic mass is 32.2. The SMILES string of the molecule is CCN(C(=O)C(=O)Nc1ccc(SC#N)cc1)C1CCS(=O)(=O)C1. The van der Waals surface area contributed by atoms with Crippen LogP contribution in [0.3, 0.4) is 0 Å². The van der Waals surface area contributed by atoms with Crippen molar-refractivity contribution in [3.63, 3.8) is 0 Å². The second-order valence-electron chi connectivity index (χ2n) is 5.32. The number of thioether (sulfide) groups is 1. The van der Waals surface area contributed by atoms with E-state index in [-0.39, 0.29) is 18.1 Å². The van der Waals surface area contributed by atoms with E-state index in [1.165, 1.54) is 4.90 Å². The van der Waals surface area contributed by atoms with Crippen molar-refractivity contribution in [2.45, 2.75) is 24.3 Å². The Kier molecular flexibility index (Phi) is 5.85. The number of nitrogens with one attached hydrogen (secondary N) is 1. The number of hydrogen-bond acceptors (Lipinski definition) is 6. The number of nitrogens with zero attached hydrogens (tertiary/aromatic N) is 2. The first kappa shape index (κ1) is 18.3. The molecule has 1 atom stereocenters. The first-order valence-electron chi connectivity index (χ1n) is 7.34. The number of hydrogen-bond donors (Lipinski definition) is 1. The molecule has 0 radical (unpaired) electrons. The number of thiocyanates is 1. The van der Waals surface area contributed by atoms with Crippen molar-refractivity contribution in [2.75, 3.05) is 23.4 Å². The Hall–Kier alpha value is -2.05. The lowest BCUT2D eigenvalue weighted by molar-refractivity contribution is -0.144. The average molecular weight is 367 g/mol. The van der Waals surface area contributed by atoms with Crippen LogP contribution in [-0.4, -0.2) is 49.2 Å². The van der Waals surface area contributed by atoms with E-state index >= 15 is 0 Å². The van der Waals surface area contributed by atoms with E-state index in [0.29, 0.717) is 12.1 Å². The minimum atomic E-state index is -3.13. The van der Waals surface area contributed by atoms with Gasteiger partial charge in [0.1, 0.15) is 5.40 Å². The predicted molar refractivity (Wildman–Crippen MR) is 91.0 cm³/mol. The molecule has 1 saturated heterocycles. The van der Waals surface area contributed by atoms with Crippen LogP contribution < -0.4 is 5.32 Å². The van der Waals surface area contributed by atoms with Gasteiger partial charge in [0.15, 0.2) is 9.84 Å². The Balaban J connectivity index is 2.02. The highest BCUT2D eigenvalue weighted by molar-refractivity contribution is 8.03. The van der Waals surface area contributed by atoms with Gasteiger partial charge in [0.05, 0.1) is 11.5 Å². The molecule has 1 unspecified atom stereocenters. The van der Waals surface area contributed by atoms with Crippen molar-refractivity contribution < 1.29 is 18.0 Å². The average Bonchev–Trinajstić information content (AvgIpc) is 2.90. The molecule has 0 spiro atoms.